The van der Waals surface area contributed by atoms with Gasteiger partial charge in [0, 0.05) is 23.8 Å². The molecule has 1 saturated heterocycles. The van der Waals surface area contributed by atoms with Crippen molar-refractivity contribution >= 4 is 5.69 Å². The summed E-state index contributed by atoms with van der Waals surface area (Å²) in [4.78, 5) is 2.45. The zero-order chi connectivity index (χ0) is 12.4. The van der Waals surface area contributed by atoms with E-state index in [-0.39, 0.29) is 0 Å². The predicted molar refractivity (Wildman–Crippen MR) is 72.3 cm³/mol. The average molecular weight is 233 g/mol. The van der Waals surface area contributed by atoms with Gasteiger partial charge in [0.1, 0.15) is 0 Å². The molecule has 17 heavy (non-hydrogen) atoms. The van der Waals surface area contributed by atoms with E-state index in [2.05, 4.69) is 30.9 Å². The van der Waals surface area contributed by atoms with Crippen LogP contribution in [0.25, 0.3) is 0 Å². The predicted octanol–water partition coefficient (Wildman–Crippen LogP) is 3.36. The molecule has 2 unspecified atom stereocenters. The zero-order valence-electron chi connectivity index (χ0n) is 11.1. The van der Waals surface area contributed by atoms with Gasteiger partial charge in [-0.25, -0.2) is 0 Å². The first-order chi connectivity index (χ1) is 8.09. The molecule has 1 fully saturated rings. The van der Waals surface area contributed by atoms with Gasteiger partial charge < -0.3 is 10.0 Å². The number of para-hydroxylation sites is 1. The lowest BCUT2D eigenvalue weighted by Gasteiger charge is -2.40. The number of benzene rings is 1. The van der Waals surface area contributed by atoms with Crippen molar-refractivity contribution in [3.63, 3.8) is 0 Å². The van der Waals surface area contributed by atoms with Gasteiger partial charge in [-0.2, -0.15) is 0 Å². The van der Waals surface area contributed by atoms with Crippen LogP contribution in [0, 0.1) is 5.92 Å². The number of nitrogens with zero attached hydrogens (tertiary/aromatic N) is 1. The molecule has 0 spiro atoms. The number of aliphatic hydroxyl groups excluding tert-OH is 1. The largest absolute Gasteiger partial charge is 0.389 e. The first-order valence-electron chi connectivity index (χ1n) is 6.63. The van der Waals surface area contributed by atoms with Gasteiger partial charge in [0.2, 0.25) is 0 Å². The van der Waals surface area contributed by atoms with Gasteiger partial charge in [-0.05, 0) is 38.7 Å². The van der Waals surface area contributed by atoms with Crippen molar-refractivity contribution in [1.29, 1.82) is 0 Å². The molecule has 2 nitrogen and oxygen atoms in total. The van der Waals surface area contributed by atoms with Crippen LogP contribution in [-0.4, -0.2) is 17.7 Å². The highest BCUT2D eigenvalue weighted by Crippen LogP contribution is 2.32. The SMILES string of the molecule is CC1CCC(C)N(c2ccccc2[C@@H](C)O)C1. The van der Waals surface area contributed by atoms with E-state index in [4.69, 9.17) is 0 Å². The van der Waals surface area contributed by atoms with Crippen LogP contribution in [-0.2, 0) is 0 Å². The summed E-state index contributed by atoms with van der Waals surface area (Å²) < 4.78 is 0. The highest BCUT2D eigenvalue weighted by atomic mass is 16.3. The summed E-state index contributed by atoms with van der Waals surface area (Å²) >= 11 is 0. The van der Waals surface area contributed by atoms with E-state index >= 15 is 0 Å². The molecule has 1 heterocycles. The Labute approximate surface area is 104 Å². The zero-order valence-corrected chi connectivity index (χ0v) is 11.1. The standard InChI is InChI=1S/C15H23NO/c1-11-8-9-12(2)16(10-11)15-7-5-4-6-14(15)13(3)17/h4-7,11-13,17H,8-10H2,1-3H3/t11?,12?,13-/m1/s1. The molecule has 0 bridgehead atoms. The minimum atomic E-state index is -0.393. The van der Waals surface area contributed by atoms with Gasteiger partial charge >= 0.3 is 0 Å². The lowest BCUT2D eigenvalue weighted by Crippen LogP contribution is -2.41. The Bertz CT molecular complexity index is 375. The van der Waals surface area contributed by atoms with Crippen LogP contribution in [0.2, 0.25) is 0 Å². The monoisotopic (exact) mass is 233 g/mol. The third kappa shape index (κ3) is 2.63. The fourth-order valence-corrected chi connectivity index (χ4v) is 2.73. The molecule has 1 aliphatic heterocycles. The topological polar surface area (TPSA) is 23.5 Å². The number of piperidine rings is 1. The van der Waals surface area contributed by atoms with Crippen molar-refractivity contribution < 1.29 is 5.11 Å². The summed E-state index contributed by atoms with van der Waals surface area (Å²) in [6.07, 6.45) is 2.17. The van der Waals surface area contributed by atoms with Crippen LogP contribution in [0.4, 0.5) is 5.69 Å². The molecule has 0 radical (unpaired) electrons. The maximum Gasteiger partial charge on any atom is 0.0781 e. The Morgan fingerprint density at radius 3 is 2.65 bits per heavy atom. The Morgan fingerprint density at radius 2 is 1.94 bits per heavy atom. The number of rotatable bonds is 2. The van der Waals surface area contributed by atoms with Crippen molar-refractivity contribution in [3.05, 3.63) is 29.8 Å². The van der Waals surface area contributed by atoms with E-state index in [1.807, 2.05) is 19.1 Å². The molecule has 0 aromatic heterocycles. The number of aliphatic hydroxyl groups is 1. The van der Waals surface area contributed by atoms with Gasteiger partial charge in [0.15, 0.2) is 0 Å². The van der Waals surface area contributed by atoms with Crippen LogP contribution >= 0.6 is 0 Å². The second kappa shape index (κ2) is 5.09. The van der Waals surface area contributed by atoms with E-state index < -0.39 is 6.10 Å². The van der Waals surface area contributed by atoms with E-state index in [1.54, 1.807) is 0 Å². The molecule has 1 N–H and O–H groups in total. The molecule has 1 aliphatic rings. The Morgan fingerprint density at radius 1 is 1.24 bits per heavy atom. The fraction of sp³-hybridized carbons (Fsp3) is 0.600. The van der Waals surface area contributed by atoms with Crippen LogP contribution in [0.15, 0.2) is 24.3 Å². The molecule has 1 aromatic carbocycles. The smallest absolute Gasteiger partial charge is 0.0781 e. The number of hydrogen-bond acceptors (Lipinski definition) is 2. The Hall–Kier alpha value is -1.02. The quantitative estimate of drug-likeness (QED) is 0.846. The van der Waals surface area contributed by atoms with Gasteiger partial charge in [0.05, 0.1) is 6.10 Å². The molecule has 2 heteroatoms. The van der Waals surface area contributed by atoms with Crippen molar-refractivity contribution in [2.24, 2.45) is 5.92 Å². The first-order valence-corrected chi connectivity index (χ1v) is 6.63. The van der Waals surface area contributed by atoms with E-state index in [9.17, 15) is 5.11 Å². The molecular weight excluding hydrogens is 210 g/mol. The average Bonchev–Trinajstić information content (AvgIpc) is 2.32. The summed E-state index contributed by atoms with van der Waals surface area (Å²) in [5, 5.41) is 9.86. The van der Waals surface area contributed by atoms with Crippen molar-refractivity contribution in [3.8, 4) is 0 Å². The summed E-state index contributed by atoms with van der Waals surface area (Å²) in [6.45, 7) is 7.54. The van der Waals surface area contributed by atoms with Crippen molar-refractivity contribution in [2.75, 3.05) is 11.4 Å². The Balaban J connectivity index is 2.31. The molecule has 0 aliphatic carbocycles. The van der Waals surface area contributed by atoms with Gasteiger partial charge in [0.25, 0.3) is 0 Å². The third-order valence-electron chi connectivity index (χ3n) is 3.81. The minimum absolute atomic E-state index is 0.393. The van der Waals surface area contributed by atoms with Crippen LogP contribution < -0.4 is 4.90 Å². The normalized spacial score (nSPS) is 26.9. The van der Waals surface area contributed by atoms with Gasteiger partial charge in [-0.15, -0.1) is 0 Å². The van der Waals surface area contributed by atoms with Gasteiger partial charge in [-0.1, -0.05) is 25.1 Å². The van der Waals surface area contributed by atoms with Crippen LogP contribution in [0.5, 0.6) is 0 Å². The molecule has 0 amide bonds. The lowest BCUT2D eigenvalue weighted by molar-refractivity contribution is 0.199. The first kappa shape index (κ1) is 12.4. The summed E-state index contributed by atoms with van der Waals surface area (Å²) in [5.74, 6) is 0.744. The summed E-state index contributed by atoms with van der Waals surface area (Å²) in [7, 11) is 0. The second-order valence-corrected chi connectivity index (χ2v) is 5.42. The maximum absolute atomic E-state index is 9.86. The molecule has 94 valence electrons. The van der Waals surface area contributed by atoms with Crippen LogP contribution in [0.3, 0.4) is 0 Å². The Kier molecular flexibility index (Phi) is 3.72. The lowest BCUT2D eigenvalue weighted by atomic mass is 9.93. The minimum Gasteiger partial charge on any atom is -0.389 e. The molecular formula is C15H23NO. The highest BCUT2D eigenvalue weighted by Gasteiger charge is 2.25. The van der Waals surface area contributed by atoms with Crippen molar-refractivity contribution in [2.45, 2.75) is 45.8 Å². The third-order valence-corrected chi connectivity index (χ3v) is 3.81. The molecule has 2 rings (SSSR count). The molecule has 3 atom stereocenters. The molecule has 0 saturated carbocycles. The fourth-order valence-electron chi connectivity index (χ4n) is 2.73. The highest BCUT2D eigenvalue weighted by molar-refractivity contribution is 5.55. The molecule has 1 aromatic rings. The van der Waals surface area contributed by atoms with E-state index in [1.165, 1.54) is 18.5 Å². The number of anilines is 1. The van der Waals surface area contributed by atoms with Gasteiger partial charge in [-0.3, -0.25) is 0 Å². The van der Waals surface area contributed by atoms with Crippen LogP contribution in [0.1, 0.15) is 45.3 Å². The van der Waals surface area contributed by atoms with Crippen molar-refractivity contribution in [1.82, 2.24) is 0 Å². The summed E-state index contributed by atoms with van der Waals surface area (Å²) in [6, 6.07) is 8.81. The van der Waals surface area contributed by atoms with E-state index in [0.717, 1.165) is 18.0 Å². The maximum atomic E-state index is 9.86. The summed E-state index contributed by atoms with van der Waals surface area (Å²) in [5.41, 5.74) is 2.26. The number of hydrogen-bond donors (Lipinski definition) is 1. The van der Waals surface area contributed by atoms with E-state index in [0.29, 0.717) is 6.04 Å². The second-order valence-electron chi connectivity index (χ2n) is 5.42.